The highest BCUT2D eigenvalue weighted by Gasteiger charge is 2.08. The van der Waals surface area contributed by atoms with Crippen LogP contribution >= 0.6 is 11.6 Å². The monoisotopic (exact) mass is 197 g/mol. The van der Waals surface area contributed by atoms with Crippen LogP contribution in [-0.4, -0.2) is 16.7 Å². The van der Waals surface area contributed by atoms with Gasteiger partial charge < -0.3 is 10.8 Å². The number of halogens is 1. The van der Waals surface area contributed by atoms with E-state index in [-0.39, 0.29) is 17.3 Å². The van der Waals surface area contributed by atoms with Crippen LogP contribution in [0.4, 0.5) is 0 Å². The van der Waals surface area contributed by atoms with Gasteiger partial charge in [-0.2, -0.15) is 5.26 Å². The number of nitriles is 1. The van der Waals surface area contributed by atoms with Gasteiger partial charge in [-0.25, -0.2) is 4.98 Å². The predicted octanol–water partition coefficient (Wildman–Crippen LogP) is 0.599. The molecule has 1 heterocycles. The molecule has 0 aliphatic heterocycles. The second kappa shape index (κ2) is 4.19. The maximum absolute atomic E-state index is 8.74. The Hall–Kier alpha value is -1.15. The first-order valence-electron chi connectivity index (χ1n) is 3.62. The van der Waals surface area contributed by atoms with Crippen molar-refractivity contribution < 1.29 is 5.11 Å². The fourth-order valence-electron chi connectivity index (χ4n) is 0.836. The molecule has 0 saturated carbocycles. The maximum Gasteiger partial charge on any atom is 0.159 e. The average Bonchev–Trinajstić information content (AvgIpc) is 2.17. The Kier molecular flexibility index (Phi) is 3.20. The highest BCUT2D eigenvalue weighted by atomic mass is 35.5. The van der Waals surface area contributed by atoms with E-state index in [0.29, 0.717) is 5.69 Å². The molecule has 3 N–H and O–H groups in total. The second-order valence-electron chi connectivity index (χ2n) is 2.47. The van der Waals surface area contributed by atoms with Gasteiger partial charge in [0.05, 0.1) is 23.4 Å². The van der Waals surface area contributed by atoms with Gasteiger partial charge in [-0.1, -0.05) is 11.6 Å². The third kappa shape index (κ3) is 2.16. The molecule has 0 spiro atoms. The Balaban J connectivity index is 3.08. The first kappa shape index (κ1) is 9.93. The smallest absolute Gasteiger partial charge is 0.159 e. The number of hydrogen-bond acceptors (Lipinski definition) is 4. The number of aliphatic hydroxyl groups excluding tert-OH is 1. The first-order valence-corrected chi connectivity index (χ1v) is 3.99. The number of nitrogens with two attached hydrogens (primary N) is 1. The largest absolute Gasteiger partial charge is 0.394 e. The summed E-state index contributed by atoms with van der Waals surface area (Å²) in [6, 6.07) is 4.40. The molecule has 13 heavy (non-hydrogen) atoms. The van der Waals surface area contributed by atoms with Crippen molar-refractivity contribution in [3.63, 3.8) is 0 Å². The number of aromatic nitrogens is 1. The van der Waals surface area contributed by atoms with E-state index >= 15 is 0 Å². The summed E-state index contributed by atoms with van der Waals surface area (Å²) in [6.45, 7) is -0.209. The second-order valence-corrected chi connectivity index (χ2v) is 2.87. The van der Waals surface area contributed by atoms with Crippen LogP contribution in [0.25, 0.3) is 0 Å². The van der Waals surface area contributed by atoms with Crippen molar-refractivity contribution in [3.05, 3.63) is 28.5 Å². The standard InChI is InChI=1S/C8H8ClN3O/c9-5-1-2-7(6(11)4-13)12-8(5)3-10/h1-2,6,13H,4,11H2. The Morgan fingerprint density at radius 1 is 1.69 bits per heavy atom. The van der Waals surface area contributed by atoms with Gasteiger partial charge in [0.25, 0.3) is 0 Å². The Morgan fingerprint density at radius 3 is 2.92 bits per heavy atom. The number of pyridine rings is 1. The van der Waals surface area contributed by atoms with E-state index in [9.17, 15) is 0 Å². The molecule has 0 fully saturated rings. The molecule has 4 nitrogen and oxygen atoms in total. The third-order valence-corrected chi connectivity index (χ3v) is 1.86. The summed E-state index contributed by atoms with van der Waals surface area (Å²) in [6.07, 6.45) is 0. The Labute approximate surface area is 80.6 Å². The molecule has 1 unspecified atom stereocenters. The summed E-state index contributed by atoms with van der Waals surface area (Å²) in [7, 11) is 0. The molecule has 1 aromatic heterocycles. The van der Waals surface area contributed by atoms with Crippen LogP contribution in [0.3, 0.4) is 0 Å². The molecule has 0 amide bonds. The van der Waals surface area contributed by atoms with E-state index in [4.69, 9.17) is 27.7 Å². The van der Waals surface area contributed by atoms with Crippen LogP contribution < -0.4 is 5.73 Å². The van der Waals surface area contributed by atoms with Crippen molar-refractivity contribution in [2.45, 2.75) is 6.04 Å². The predicted molar refractivity (Wildman–Crippen MR) is 48.0 cm³/mol. The average molecular weight is 198 g/mol. The molecule has 0 bridgehead atoms. The van der Waals surface area contributed by atoms with Gasteiger partial charge >= 0.3 is 0 Å². The van der Waals surface area contributed by atoms with Crippen LogP contribution in [0.2, 0.25) is 5.02 Å². The minimum atomic E-state index is -0.565. The van der Waals surface area contributed by atoms with E-state index in [1.54, 1.807) is 6.07 Å². The van der Waals surface area contributed by atoms with Crippen molar-refractivity contribution >= 4 is 11.6 Å². The lowest BCUT2D eigenvalue weighted by atomic mass is 10.2. The quantitative estimate of drug-likeness (QED) is 0.727. The van der Waals surface area contributed by atoms with Gasteiger partial charge in [-0.15, -0.1) is 0 Å². The third-order valence-electron chi connectivity index (χ3n) is 1.55. The molecular formula is C8H8ClN3O. The molecule has 68 valence electrons. The SMILES string of the molecule is N#Cc1nc(C(N)CO)ccc1Cl. The molecule has 0 aromatic carbocycles. The van der Waals surface area contributed by atoms with Gasteiger partial charge in [0.1, 0.15) is 6.07 Å². The zero-order valence-electron chi connectivity index (χ0n) is 6.74. The van der Waals surface area contributed by atoms with E-state index in [0.717, 1.165) is 0 Å². The molecule has 0 saturated heterocycles. The number of aliphatic hydroxyl groups is 1. The summed E-state index contributed by atoms with van der Waals surface area (Å²) in [5, 5.41) is 17.6. The summed E-state index contributed by atoms with van der Waals surface area (Å²) in [5.74, 6) is 0. The minimum absolute atomic E-state index is 0.128. The molecule has 1 rings (SSSR count). The maximum atomic E-state index is 8.74. The fraction of sp³-hybridized carbons (Fsp3) is 0.250. The molecule has 1 aromatic rings. The normalized spacial score (nSPS) is 12.2. The summed E-state index contributed by atoms with van der Waals surface area (Å²) in [4.78, 5) is 3.88. The summed E-state index contributed by atoms with van der Waals surface area (Å²) in [5.41, 5.74) is 6.09. The van der Waals surface area contributed by atoms with Crippen molar-refractivity contribution in [3.8, 4) is 6.07 Å². The molecule has 1 atom stereocenters. The minimum Gasteiger partial charge on any atom is -0.394 e. The summed E-state index contributed by atoms with van der Waals surface area (Å²) < 4.78 is 0. The van der Waals surface area contributed by atoms with Crippen molar-refractivity contribution in [2.24, 2.45) is 5.73 Å². The zero-order chi connectivity index (χ0) is 9.84. The van der Waals surface area contributed by atoms with Crippen LogP contribution in [0, 0.1) is 11.3 Å². The zero-order valence-corrected chi connectivity index (χ0v) is 7.49. The molecular weight excluding hydrogens is 190 g/mol. The van der Waals surface area contributed by atoms with E-state index in [1.807, 2.05) is 6.07 Å². The first-order chi connectivity index (χ1) is 6.19. The lowest BCUT2D eigenvalue weighted by Gasteiger charge is -2.07. The van der Waals surface area contributed by atoms with Gasteiger partial charge in [0.2, 0.25) is 0 Å². The Bertz CT molecular complexity index is 348. The van der Waals surface area contributed by atoms with Gasteiger partial charge in [-0.05, 0) is 12.1 Å². The lowest BCUT2D eigenvalue weighted by molar-refractivity contribution is 0.266. The molecule has 0 radical (unpaired) electrons. The van der Waals surface area contributed by atoms with E-state index < -0.39 is 6.04 Å². The van der Waals surface area contributed by atoms with E-state index in [2.05, 4.69) is 4.98 Å². The molecule has 0 aliphatic rings. The number of hydrogen-bond donors (Lipinski definition) is 2. The van der Waals surface area contributed by atoms with Gasteiger partial charge in [-0.3, -0.25) is 0 Å². The van der Waals surface area contributed by atoms with Crippen molar-refractivity contribution in [1.82, 2.24) is 4.98 Å². The fourth-order valence-corrected chi connectivity index (χ4v) is 0.983. The topological polar surface area (TPSA) is 82.9 Å². The molecule has 5 heteroatoms. The lowest BCUT2D eigenvalue weighted by Crippen LogP contribution is -2.16. The number of nitrogens with zero attached hydrogens (tertiary/aromatic N) is 2. The van der Waals surface area contributed by atoms with Crippen molar-refractivity contribution in [1.29, 1.82) is 5.26 Å². The van der Waals surface area contributed by atoms with E-state index in [1.165, 1.54) is 6.07 Å². The number of rotatable bonds is 2. The highest BCUT2D eigenvalue weighted by molar-refractivity contribution is 6.31. The highest BCUT2D eigenvalue weighted by Crippen LogP contribution is 2.15. The van der Waals surface area contributed by atoms with Gasteiger partial charge in [0.15, 0.2) is 5.69 Å². The Morgan fingerprint density at radius 2 is 2.38 bits per heavy atom. The van der Waals surface area contributed by atoms with Crippen molar-refractivity contribution in [2.75, 3.05) is 6.61 Å². The van der Waals surface area contributed by atoms with Gasteiger partial charge in [0, 0.05) is 0 Å². The molecule has 0 aliphatic carbocycles. The van der Waals surface area contributed by atoms with Crippen LogP contribution in [0.1, 0.15) is 17.4 Å². The van der Waals surface area contributed by atoms with Crippen LogP contribution in [-0.2, 0) is 0 Å². The van der Waals surface area contributed by atoms with Crippen LogP contribution in [0.5, 0.6) is 0 Å². The summed E-state index contributed by atoms with van der Waals surface area (Å²) >= 11 is 5.66. The van der Waals surface area contributed by atoms with Crippen LogP contribution in [0.15, 0.2) is 12.1 Å².